The van der Waals surface area contributed by atoms with E-state index in [0.29, 0.717) is 16.4 Å². The van der Waals surface area contributed by atoms with Gasteiger partial charge in [0.25, 0.3) is 5.91 Å². The summed E-state index contributed by atoms with van der Waals surface area (Å²) in [5, 5.41) is 6.62. The summed E-state index contributed by atoms with van der Waals surface area (Å²) in [7, 11) is 0. The number of hydrogen-bond acceptors (Lipinski definition) is 3. The zero-order valence-corrected chi connectivity index (χ0v) is 12.5. The van der Waals surface area contributed by atoms with Gasteiger partial charge in [0.05, 0.1) is 11.9 Å². The minimum atomic E-state index is -0.133. The first kappa shape index (κ1) is 14.0. The van der Waals surface area contributed by atoms with E-state index in [1.807, 2.05) is 31.2 Å². The molecule has 1 aromatic carbocycles. The molecule has 0 spiro atoms. The Morgan fingerprint density at radius 3 is 3.00 bits per heavy atom. The maximum Gasteiger partial charge on any atom is 0.255 e. The molecule has 3 rings (SSSR count). The topological polar surface area (TPSA) is 54.0 Å². The Balaban J connectivity index is 1.80. The Hall–Kier alpha value is -1.91. The number of amides is 1. The molecule has 1 aliphatic heterocycles. The number of aromatic nitrogens is 1. The van der Waals surface area contributed by atoms with Crippen LogP contribution in [-0.4, -0.2) is 17.4 Å². The predicted molar refractivity (Wildman–Crippen MR) is 83.8 cm³/mol. The summed E-state index contributed by atoms with van der Waals surface area (Å²) in [5.74, 6) is -0.133. The quantitative estimate of drug-likeness (QED) is 0.839. The standard InChI is InChI=1S/C16H16ClN3O/c1-10-6-14(9-19-15(10)17)20-16(21)12-3-2-11-4-5-18-8-13(11)7-12/h2-3,6-7,9,18H,4-5,8H2,1H3,(H,20,21). The summed E-state index contributed by atoms with van der Waals surface area (Å²) in [4.78, 5) is 16.3. The number of aryl methyl sites for hydroxylation is 1. The SMILES string of the molecule is Cc1cc(NC(=O)c2ccc3c(c2)CNCC3)cnc1Cl. The molecule has 21 heavy (non-hydrogen) atoms. The summed E-state index contributed by atoms with van der Waals surface area (Å²) in [6, 6.07) is 7.67. The Bertz CT molecular complexity index is 700. The molecule has 2 heterocycles. The zero-order valence-electron chi connectivity index (χ0n) is 11.7. The summed E-state index contributed by atoms with van der Waals surface area (Å²) in [6.45, 7) is 3.67. The summed E-state index contributed by atoms with van der Waals surface area (Å²) in [5.41, 5.74) is 4.65. The molecule has 0 saturated carbocycles. The lowest BCUT2D eigenvalue weighted by molar-refractivity contribution is 0.102. The van der Waals surface area contributed by atoms with Crippen LogP contribution in [0.2, 0.25) is 5.15 Å². The molecule has 0 bridgehead atoms. The minimum absolute atomic E-state index is 0.133. The Labute approximate surface area is 128 Å². The van der Waals surface area contributed by atoms with Crippen LogP contribution in [0.25, 0.3) is 0 Å². The highest BCUT2D eigenvalue weighted by molar-refractivity contribution is 6.30. The highest BCUT2D eigenvalue weighted by Crippen LogP contribution is 2.19. The first-order chi connectivity index (χ1) is 10.1. The molecular formula is C16H16ClN3O. The molecule has 0 fully saturated rings. The molecule has 0 radical (unpaired) electrons. The molecule has 0 saturated heterocycles. The Morgan fingerprint density at radius 1 is 1.33 bits per heavy atom. The number of nitrogens with zero attached hydrogens (tertiary/aromatic N) is 1. The van der Waals surface area contributed by atoms with Crippen LogP contribution in [0.3, 0.4) is 0 Å². The van der Waals surface area contributed by atoms with E-state index in [9.17, 15) is 4.79 Å². The number of carbonyl (C=O) groups is 1. The fraction of sp³-hybridized carbons (Fsp3) is 0.250. The molecule has 5 heteroatoms. The van der Waals surface area contributed by atoms with Gasteiger partial charge in [0.1, 0.15) is 5.15 Å². The van der Waals surface area contributed by atoms with Crippen molar-refractivity contribution in [2.75, 3.05) is 11.9 Å². The first-order valence-corrected chi connectivity index (χ1v) is 7.27. The van der Waals surface area contributed by atoms with Gasteiger partial charge in [0.2, 0.25) is 0 Å². The largest absolute Gasteiger partial charge is 0.321 e. The van der Waals surface area contributed by atoms with Gasteiger partial charge in [-0.3, -0.25) is 4.79 Å². The van der Waals surface area contributed by atoms with Gasteiger partial charge in [-0.1, -0.05) is 17.7 Å². The van der Waals surface area contributed by atoms with Crippen molar-refractivity contribution in [2.45, 2.75) is 19.9 Å². The minimum Gasteiger partial charge on any atom is -0.321 e. The van der Waals surface area contributed by atoms with Crippen LogP contribution in [0.5, 0.6) is 0 Å². The number of nitrogens with one attached hydrogen (secondary N) is 2. The van der Waals surface area contributed by atoms with Gasteiger partial charge in [-0.2, -0.15) is 0 Å². The average molecular weight is 302 g/mol. The second-order valence-electron chi connectivity index (χ2n) is 5.20. The lowest BCUT2D eigenvalue weighted by atomic mass is 9.98. The van der Waals surface area contributed by atoms with Crippen LogP contribution in [-0.2, 0) is 13.0 Å². The Morgan fingerprint density at radius 2 is 2.19 bits per heavy atom. The molecule has 0 atom stereocenters. The molecule has 1 aromatic heterocycles. The summed E-state index contributed by atoms with van der Waals surface area (Å²) in [6.07, 6.45) is 2.57. The van der Waals surface area contributed by atoms with Crippen LogP contribution in [0.1, 0.15) is 27.0 Å². The normalized spacial score (nSPS) is 13.6. The molecule has 1 aliphatic rings. The van der Waals surface area contributed by atoms with Crippen molar-refractivity contribution in [1.29, 1.82) is 0 Å². The van der Waals surface area contributed by atoms with Crippen molar-refractivity contribution in [3.8, 4) is 0 Å². The van der Waals surface area contributed by atoms with Crippen LogP contribution >= 0.6 is 11.6 Å². The first-order valence-electron chi connectivity index (χ1n) is 6.89. The van der Waals surface area contributed by atoms with Gasteiger partial charge >= 0.3 is 0 Å². The van der Waals surface area contributed by atoms with Crippen molar-refractivity contribution < 1.29 is 4.79 Å². The molecule has 4 nitrogen and oxygen atoms in total. The van der Waals surface area contributed by atoms with Crippen molar-refractivity contribution >= 4 is 23.2 Å². The second kappa shape index (κ2) is 5.84. The van der Waals surface area contributed by atoms with E-state index in [4.69, 9.17) is 11.6 Å². The van der Waals surface area contributed by atoms with Gasteiger partial charge in [-0.05, 0) is 54.8 Å². The van der Waals surface area contributed by atoms with Gasteiger partial charge < -0.3 is 10.6 Å². The third-order valence-electron chi connectivity index (χ3n) is 3.63. The van der Waals surface area contributed by atoms with E-state index in [2.05, 4.69) is 15.6 Å². The van der Waals surface area contributed by atoms with Crippen molar-refractivity contribution in [3.05, 3.63) is 57.9 Å². The highest BCUT2D eigenvalue weighted by Gasteiger charge is 2.13. The molecule has 0 unspecified atom stereocenters. The van der Waals surface area contributed by atoms with E-state index < -0.39 is 0 Å². The molecule has 1 amide bonds. The maximum absolute atomic E-state index is 12.3. The summed E-state index contributed by atoms with van der Waals surface area (Å²) >= 11 is 5.88. The van der Waals surface area contributed by atoms with Crippen molar-refractivity contribution in [3.63, 3.8) is 0 Å². The van der Waals surface area contributed by atoms with Crippen molar-refractivity contribution in [2.24, 2.45) is 0 Å². The van der Waals surface area contributed by atoms with Gasteiger partial charge in [0, 0.05) is 12.1 Å². The number of carbonyl (C=O) groups excluding carboxylic acids is 1. The second-order valence-corrected chi connectivity index (χ2v) is 5.55. The fourth-order valence-corrected chi connectivity index (χ4v) is 2.55. The predicted octanol–water partition coefficient (Wildman–Crippen LogP) is 2.94. The third kappa shape index (κ3) is 3.06. The highest BCUT2D eigenvalue weighted by atomic mass is 35.5. The van der Waals surface area contributed by atoms with E-state index in [1.165, 1.54) is 11.1 Å². The van der Waals surface area contributed by atoms with E-state index >= 15 is 0 Å². The van der Waals surface area contributed by atoms with Gasteiger partial charge in [0.15, 0.2) is 0 Å². The van der Waals surface area contributed by atoms with Gasteiger partial charge in [-0.15, -0.1) is 0 Å². The van der Waals surface area contributed by atoms with Crippen molar-refractivity contribution in [1.82, 2.24) is 10.3 Å². The molecule has 0 aliphatic carbocycles. The fourth-order valence-electron chi connectivity index (χ4n) is 2.45. The van der Waals surface area contributed by atoms with Gasteiger partial charge in [-0.25, -0.2) is 4.98 Å². The van der Waals surface area contributed by atoms with Crippen LogP contribution in [0.15, 0.2) is 30.5 Å². The molecule has 2 N–H and O–H groups in total. The number of benzene rings is 1. The molecular weight excluding hydrogens is 286 g/mol. The van der Waals surface area contributed by atoms with E-state index in [0.717, 1.165) is 25.1 Å². The zero-order chi connectivity index (χ0) is 14.8. The number of fused-ring (bicyclic) bond motifs is 1. The van der Waals surface area contributed by atoms with Crippen LogP contribution < -0.4 is 10.6 Å². The van der Waals surface area contributed by atoms with E-state index in [-0.39, 0.29) is 5.91 Å². The molecule has 2 aromatic rings. The van der Waals surface area contributed by atoms with Crippen LogP contribution in [0.4, 0.5) is 5.69 Å². The average Bonchev–Trinajstić information content (AvgIpc) is 2.50. The summed E-state index contributed by atoms with van der Waals surface area (Å²) < 4.78 is 0. The number of hydrogen-bond donors (Lipinski definition) is 2. The van der Waals surface area contributed by atoms with E-state index in [1.54, 1.807) is 6.20 Å². The number of pyridine rings is 1. The Kier molecular flexibility index (Phi) is 3.90. The number of halogens is 1. The lowest BCUT2D eigenvalue weighted by Crippen LogP contribution is -2.24. The number of rotatable bonds is 2. The smallest absolute Gasteiger partial charge is 0.255 e. The lowest BCUT2D eigenvalue weighted by Gasteiger charge is -2.17. The third-order valence-corrected chi connectivity index (χ3v) is 4.02. The van der Waals surface area contributed by atoms with Crippen LogP contribution in [0, 0.1) is 6.92 Å². The maximum atomic E-state index is 12.3. The monoisotopic (exact) mass is 301 g/mol. The number of anilines is 1. The molecule has 108 valence electrons.